The molecular weight excluding hydrogens is 282 g/mol. The summed E-state index contributed by atoms with van der Waals surface area (Å²) in [6, 6.07) is 1.90. The molecule has 0 atom stereocenters. The first kappa shape index (κ1) is 16.5. The normalized spacial score (nSPS) is 13.9. The first-order valence-corrected chi connectivity index (χ1v) is 8.12. The van der Waals surface area contributed by atoms with Crippen LogP contribution < -0.4 is 5.32 Å². The standard InChI is InChI=1S/C16H25N3O3/c1-3-4-5-6-7-16(21)19(13-8-9-13)11-15(20)17-14-10-12(2)22-18-14/h10,13H,3-9,11H2,1-2H3,(H,17,18,20). The molecule has 0 bridgehead atoms. The Morgan fingerprint density at radius 2 is 2.14 bits per heavy atom. The summed E-state index contributed by atoms with van der Waals surface area (Å²) in [6.45, 7) is 4.01. The van der Waals surface area contributed by atoms with E-state index >= 15 is 0 Å². The summed E-state index contributed by atoms with van der Waals surface area (Å²) in [5, 5.41) is 6.40. The molecule has 1 N–H and O–H groups in total. The van der Waals surface area contributed by atoms with Crippen LogP contribution in [0.25, 0.3) is 0 Å². The molecule has 2 rings (SSSR count). The van der Waals surface area contributed by atoms with Gasteiger partial charge in [0.1, 0.15) is 12.3 Å². The van der Waals surface area contributed by atoms with Crippen LogP contribution in [0.15, 0.2) is 10.6 Å². The van der Waals surface area contributed by atoms with Crippen molar-refractivity contribution in [1.82, 2.24) is 10.1 Å². The smallest absolute Gasteiger partial charge is 0.245 e. The summed E-state index contributed by atoms with van der Waals surface area (Å²) < 4.78 is 4.91. The number of hydrogen-bond donors (Lipinski definition) is 1. The number of anilines is 1. The molecule has 0 saturated heterocycles. The fourth-order valence-corrected chi connectivity index (χ4v) is 2.42. The number of hydrogen-bond acceptors (Lipinski definition) is 4. The molecule has 22 heavy (non-hydrogen) atoms. The van der Waals surface area contributed by atoms with Gasteiger partial charge in [-0.3, -0.25) is 9.59 Å². The number of aryl methyl sites for hydroxylation is 1. The van der Waals surface area contributed by atoms with Crippen molar-refractivity contribution in [3.8, 4) is 0 Å². The third kappa shape index (κ3) is 5.16. The molecule has 0 aliphatic heterocycles. The van der Waals surface area contributed by atoms with E-state index in [1.807, 2.05) is 0 Å². The van der Waals surface area contributed by atoms with Crippen molar-refractivity contribution in [3.63, 3.8) is 0 Å². The molecule has 6 heteroatoms. The summed E-state index contributed by atoms with van der Waals surface area (Å²) in [5.74, 6) is 0.905. The highest BCUT2D eigenvalue weighted by Gasteiger charge is 2.33. The molecule has 0 unspecified atom stereocenters. The number of amides is 2. The number of carbonyl (C=O) groups is 2. The maximum atomic E-state index is 12.3. The van der Waals surface area contributed by atoms with Gasteiger partial charge in [0, 0.05) is 18.5 Å². The van der Waals surface area contributed by atoms with Gasteiger partial charge in [0.25, 0.3) is 0 Å². The quantitative estimate of drug-likeness (QED) is 0.712. The van der Waals surface area contributed by atoms with Crippen LogP contribution in [0.3, 0.4) is 0 Å². The van der Waals surface area contributed by atoms with Crippen molar-refractivity contribution in [2.45, 2.75) is 64.8 Å². The van der Waals surface area contributed by atoms with Gasteiger partial charge in [-0.05, 0) is 26.2 Å². The Labute approximate surface area is 131 Å². The second-order valence-electron chi connectivity index (χ2n) is 5.93. The third-order valence-corrected chi connectivity index (χ3v) is 3.76. The van der Waals surface area contributed by atoms with Crippen molar-refractivity contribution in [2.24, 2.45) is 0 Å². The molecule has 1 fully saturated rings. The van der Waals surface area contributed by atoms with E-state index in [-0.39, 0.29) is 24.4 Å². The molecule has 2 amide bonds. The first-order chi connectivity index (χ1) is 10.6. The van der Waals surface area contributed by atoms with Crippen LogP contribution in [-0.2, 0) is 9.59 Å². The molecule has 1 aliphatic carbocycles. The van der Waals surface area contributed by atoms with E-state index in [1.54, 1.807) is 17.9 Å². The number of aromatic nitrogens is 1. The van der Waals surface area contributed by atoms with Crippen LogP contribution in [0.5, 0.6) is 0 Å². The highest BCUT2D eigenvalue weighted by atomic mass is 16.5. The Morgan fingerprint density at radius 1 is 1.36 bits per heavy atom. The fraction of sp³-hybridized carbons (Fsp3) is 0.688. The maximum absolute atomic E-state index is 12.3. The maximum Gasteiger partial charge on any atom is 0.245 e. The topological polar surface area (TPSA) is 75.4 Å². The lowest BCUT2D eigenvalue weighted by Crippen LogP contribution is -2.39. The zero-order valence-electron chi connectivity index (χ0n) is 13.4. The number of rotatable bonds is 9. The van der Waals surface area contributed by atoms with Crippen molar-refractivity contribution >= 4 is 17.6 Å². The Morgan fingerprint density at radius 3 is 2.73 bits per heavy atom. The summed E-state index contributed by atoms with van der Waals surface area (Å²) in [6.07, 6.45) is 6.81. The molecule has 1 saturated carbocycles. The predicted molar refractivity (Wildman–Crippen MR) is 83.4 cm³/mol. The number of nitrogens with one attached hydrogen (secondary N) is 1. The zero-order valence-corrected chi connectivity index (χ0v) is 13.4. The second kappa shape index (κ2) is 7.96. The number of nitrogens with zero attached hydrogens (tertiary/aromatic N) is 2. The Balaban J connectivity index is 1.80. The highest BCUT2D eigenvalue weighted by Crippen LogP contribution is 2.27. The van der Waals surface area contributed by atoms with Crippen LogP contribution in [0.2, 0.25) is 0 Å². The molecule has 1 aromatic rings. The predicted octanol–water partition coefficient (Wildman–Crippen LogP) is 2.88. The van der Waals surface area contributed by atoms with Crippen LogP contribution >= 0.6 is 0 Å². The van der Waals surface area contributed by atoms with Crippen LogP contribution in [0.1, 0.15) is 57.6 Å². The van der Waals surface area contributed by atoms with Crippen LogP contribution in [-0.4, -0.2) is 34.5 Å². The molecule has 122 valence electrons. The van der Waals surface area contributed by atoms with E-state index in [0.717, 1.165) is 38.5 Å². The summed E-state index contributed by atoms with van der Waals surface area (Å²) >= 11 is 0. The SMILES string of the molecule is CCCCCCC(=O)N(CC(=O)Nc1cc(C)on1)C1CC1. The monoisotopic (exact) mass is 307 g/mol. The van der Waals surface area contributed by atoms with Gasteiger partial charge in [-0.2, -0.15) is 0 Å². The van der Waals surface area contributed by atoms with Crippen LogP contribution in [0.4, 0.5) is 5.82 Å². The Hall–Kier alpha value is -1.85. The van der Waals surface area contributed by atoms with Gasteiger partial charge in [0.05, 0.1) is 0 Å². The minimum Gasteiger partial charge on any atom is -0.360 e. The molecule has 1 aliphatic rings. The minimum atomic E-state index is -0.220. The highest BCUT2D eigenvalue weighted by molar-refractivity contribution is 5.94. The summed E-state index contributed by atoms with van der Waals surface area (Å²) in [5.41, 5.74) is 0. The van der Waals surface area contributed by atoms with Gasteiger partial charge in [0.15, 0.2) is 5.82 Å². The first-order valence-electron chi connectivity index (χ1n) is 8.12. The lowest BCUT2D eigenvalue weighted by atomic mass is 10.1. The van der Waals surface area contributed by atoms with E-state index in [0.29, 0.717) is 18.0 Å². The van der Waals surface area contributed by atoms with Crippen molar-refractivity contribution in [3.05, 3.63) is 11.8 Å². The molecule has 1 aromatic heterocycles. The van der Waals surface area contributed by atoms with E-state index in [2.05, 4.69) is 17.4 Å². The van der Waals surface area contributed by atoms with Gasteiger partial charge < -0.3 is 14.7 Å². The van der Waals surface area contributed by atoms with Gasteiger partial charge in [-0.1, -0.05) is 31.3 Å². The average Bonchev–Trinajstić information content (AvgIpc) is 3.24. The largest absolute Gasteiger partial charge is 0.360 e. The van der Waals surface area contributed by atoms with Crippen molar-refractivity contribution in [2.75, 3.05) is 11.9 Å². The van der Waals surface area contributed by atoms with E-state index in [9.17, 15) is 9.59 Å². The molecule has 0 radical (unpaired) electrons. The molecule has 6 nitrogen and oxygen atoms in total. The van der Waals surface area contributed by atoms with E-state index < -0.39 is 0 Å². The van der Waals surface area contributed by atoms with Gasteiger partial charge in [0.2, 0.25) is 11.8 Å². The molecule has 1 heterocycles. The van der Waals surface area contributed by atoms with Gasteiger partial charge in [-0.25, -0.2) is 0 Å². The second-order valence-corrected chi connectivity index (χ2v) is 5.93. The average molecular weight is 307 g/mol. The van der Waals surface area contributed by atoms with Gasteiger partial charge >= 0.3 is 0 Å². The number of unbranched alkanes of at least 4 members (excludes halogenated alkanes) is 3. The summed E-state index contributed by atoms with van der Waals surface area (Å²) in [4.78, 5) is 26.1. The van der Waals surface area contributed by atoms with Crippen molar-refractivity contribution < 1.29 is 14.1 Å². The molecule has 0 aromatic carbocycles. The van der Waals surface area contributed by atoms with Gasteiger partial charge in [-0.15, -0.1) is 0 Å². The van der Waals surface area contributed by atoms with E-state index in [4.69, 9.17) is 4.52 Å². The Bertz CT molecular complexity index is 508. The van der Waals surface area contributed by atoms with Crippen LogP contribution in [0, 0.1) is 6.92 Å². The zero-order chi connectivity index (χ0) is 15.9. The lowest BCUT2D eigenvalue weighted by molar-refractivity contribution is -0.135. The van der Waals surface area contributed by atoms with E-state index in [1.165, 1.54) is 0 Å². The molecular formula is C16H25N3O3. The molecule has 0 spiro atoms. The third-order valence-electron chi connectivity index (χ3n) is 3.76. The lowest BCUT2D eigenvalue weighted by Gasteiger charge is -2.21. The summed E-state index contributed by atoms with van der Waals surface area (Å²) in [7, 11) is 0. The fourth-order valence-electron chi connectivity index (χ4n) is 2.42. The minimum absolute atomic E-state index is 0.0880. The number of carbonyl (C=O) groups excluding carboxylic acids is 2. The Kier molecular flexibility index (Phi) is 5.98. The van der Waals surface area contributed by atoms with Crippen molar-refractivity contribution in [1.29, 1.82) is 0 Å².